The van der Waals surface area contributed by atoms with Gasteiger partial charge in [0.1, 0.15) is 11.2 Å². The van der Waals surface area contributed by atoms with Crippen LogP contribution in [-0.4, -0.2) is 4.98 Å². The number of para-hydroxylation sites is 1. The first kappa shape index (κ1) is 16.4. The summed E-state index contributed by atoms with van der Waals surface area (Å²) in [5, 5.41) is 6.26. The number of aromatic amines is 1. The molecule has 0 amide bonds. The largest absolute Gasteiger partial charge is 0.456 e. The van der Waals surface area contributed by atoms with Gasteiger partial charge in [-0.1, -0.05) is 72.8 Å². The van der Waals surface area contributed by atoms with Gasteiger partial charge in [-0.2, -0.15) is 0 Å². The van der Waals surface area contributed by atoms with Gasteiger partial charge >= 0.3 is 0 Å². The second-order valence-electron chi connectivity index (χ2n) is 8.65. The molecule has 1 aliphatic rings. The molecule has 2 heteroatoms. The lowest BCUT2D eigenvalue weighted by atomic mass is 9.99. The molecule has 1 N–H and O–H groups in total. The predicted molar refractivity (Wildman–Crippen MR) is 133 cm³/mol. The van der Waals surface area contributed by atoms with E-state index in [1.807, 2.05) is 12.1 Å². The van der Waals surface area contributed by atoms with E-state index in [-0.39, 0.29) is 0 Å². The summed E-state index contributed by atoms with van der Waals surface area (Å²) in [6.07, 6.45) is 0. The van der Waals surface area contributed by atoms with Gasteiger partial charge in [0.2, 0.25) is 0 Å². The highest BCUT2D eigenvalue weighted by atomic mass is 16.3. The molecule has 0 atom stereocenters. The second-order valence-corrected chi connectivity index (χ2v) is 8.65. The molecule has 0 saturated heterocycles. The SMILES string of the molecule is c1cc2c3c(cccc3c1)-c1c-2[nH]c2cc(-c3ccc4oc5ccccc5c4c3)ccc12. The smallest absolute Gasteiger partial charge is 0.135 e. The van der Waals surface area contributed by atoms with Crippen LogP contribution in [0.2, 0.25) is 0 Å². The maximum Gasteiger partial charge on any atom is 0.135 e. The summed E-state index contributed by atoms with van der Waals surface area (Å²) in [7, 11) is 0. The summed E-state index contributed by atoms with van der Waals surface area (Å²) in [6.45, 7) is 0. The highest BCUT2D eigenvalue weighted by molar-refractivity contribution is 6.21. The van der Waals surface area contributed by atoms with Crippen molar-refractivity contribution < 1.29 is 4.42 Å². The molecule has 0 aliphatic heterocycles. The minimum Gasteiger partial charge on any atom is -0.456 e. The average Bonchev–Trinajstić information content (AvgIpc) is 3.49. The number of nitrogens with one attached hydrogen (secondary N) is 1. The van der Waals surface area contributed by atoms with Gasteiger partial charge in [0.25, 0.3) is 0 Å². The molecule has 7 aromatic rings. The molecule has 148 valence electrons. The van der Waals surface area contributed by atoms with Crippen LogP contribution in [0.4, 0.5) is 0 Å². The minimum absolute atomic E-state index is 0.930. The highest BCUT2D eigenvalue weighted by Crippen LogP contribution is 2.50. The molecular weight excluding hydrogens is 390 g/mol. The maximum atomic E-state index is 6.01. The summed E-state index contributed by atoms with van der Waals surface area (Å²) in [5.74, 6) is 0. The molecule has 2 aromatic heterocycles. The van der Waals surface area contributed by atoms with E-state index in [0.717, 1.165) is 21.9 Å². The van der Waals surface area contributed by atoms with Gasteiger partial charge < -0.3 is 9.40 Å². The molecule has 32 heavy (non-hydrogen) atoms. The first-order chi connectivity index (χ1) is 15.8. The van der Waals surface area contributed by atoms with Crippen molar-refractivity contribution in [2.75, 3.05) is 0 Å². The number of hydrogen-bond acceptors (Lipinski definition) is 1. The Morgan fingerprint density at radius 1 is 0.562 bits per heavy atom. The Kier molecular flexibility index (Phi) is 2.91. The molecule has 1 aliphatic carbocycles. The van der Waals surface area contributed by atoms with Crippen molar-refractivity contribution >= 4 is 43.6 Å². The number of furan rings is 1. The first-order valence-corrected chi connectivity index (χ1v) is 10.9. The molecule has 0 saturated carbocycles. The van der Waals surface area contributed by atoms with Crippen LogP contribution in [0, 0.1) is 0 Å². The zero-order chi connectivity index (χ0) is 20.8. The Morgan fingerprint density at radius 2 is 1.34 bits per heavy atom. The minimum atomic E-state index is 0.930. The number of rotatable bonds is 1. The Morgan fingerprint density at radius 3 is 2.28 bits per heavy atom. The number of hydrogen-bond donors (Lipinski definition) is 1. The predicted octanol–water partition coefficient (Wildman–Crippen LogP) is 8.53. The van der Waals surface area contributed by atoms with Crippen molar-refractivity contribution in [2.24, 2.45) is 0 Å². The van der Waals surface area contributed by atoms with Crippen molar-refractivity contribution in [3.05, 3.63) is 97.1 Å². The van der Waals surface area contributed by atoms with Crippen LogP contribution >= 0.6 is 0 Å². The van der Waals surface area contributed by atoms with E-state index in [0.29, 0.717) is 0 Å². The number of H-pyrrole nitrogens is 1. The van der Waals surface area contributed by atoms with Crippen LogP contribution in [0.5, 0.6) is 0 Å². The van der Waals surface area contributed by atoms with Crippen molar-refractivity contribution in [3.8, 4) is 33.5 Å². The van der Waals surface area contributed by atoms with Gasteiger partial charge in [-0.05, 0) is 51.7 Å². The summed E-state index contributed by atoms with van der Waals surface area (Å²) in [4.78, 5) is 3.74. The molecule has 8 rings (SSSR count). The van der Waals surface area contributed by atoms with Crippen molar-refractivity contribution in [3.63, 3.8) is 0 Å². The zero-order valence-electron chi connectivity index (χ0n) is 17.1. The lowest BCUT2D eigenvalue weighted by molar-refractivity contribution is 0.669. The van der Waals surface area contributed by atoms with E-state index in [1.54, 1.807) is 0 Å². The number of aromatic nitrogens is 1. The topological polar surface area (TPSA) is 28.9 Å². The fraction of sp³-hybridized carbons (Fsp3) is 0. The molecule has 0 fully saturated rings. The van der Waals surface area contributed by atoms with E-state index >= 15 is 0 Å². The third kappa shape index (κ3) is 1.99. The van der Waals surface area contributed by atoms with Gasteiger partial charge in [-0.3, -0.25) is 0 Å². The van der Waals surface area contributed by atoms with E-state index in [2.05, 4.69) is 89.9 Å². The third-order valence-corrected chi connectivity index (χ3v) is 6.95. The molecule has 0 unspecified atom stereocenters. The molecule has 0 bridgehead atoms. The van der Waals surface area contributed by atoms with Crippen molar-refractivity contribution in [2.45, 2.75) is 0 Å². The average molecular weight is 407 g/mol. The van der Waals surface area contributed by atoms with Gasteiger partial charge in [-0.25, -0.2) is 0 Å². The summed E-state index contributed by atoms with van der Waals surface area (Å²) in [5.41, 5.74) is 10.6. The van der Waals surface area contributed by atoms with Crippen LogP contribution in [0.25, 0.3) is 77.1 Å². The van der Waals surface area contributed by atoms with E-state index in [9.17, 15) is 0 Å². The van der Waals surface area contributed by atoms with Crippen LogP contribution in [0.15, 0.2) is 101 Å². The lowest BCUT2D eigenvalue weighted by Crippen LogP contribution is -1.81. The highest BCUT2D eigenvalue weighted by Gasteiger charge is 2.25. The fourth-order valence-corrected chi connectivity index (χ4v) is 5.52. The molecule has 0 radical (unpaired) electrons. The quantitative estimate of drug-likeness (QED) is 0.290. The van der Waals surface area contributed by atoms with Crippen molar-refractivity contribution in [1.29, 1.82) is 0 Å². The molecule has 0 spiro atoms. The molecular formula is C30H17NO. The van der Waals surface area contributed by atoms with Crippen LogP contribution < -0.4 is 0 Å². The third-order valence-electron chi connectivity index (χ3n) is 6.95. The number of fused-ring (bicyclic) bond motifs is 8. The van der Waals surface area contributed by atoms with Crippen molar-refractivity contribution in [1.82, 2.24) is 4.98 Å². The summed E-state index contributed by atoms with van der Waals surface area (Å²) in [6, 6.07) is 34.7. The van der Waals surface area contributed by atoms with Crippen LogP contribution in [0.1, 0.15) is 0 Å². The molecule has 2 heterocycles. The standard InChI is InChI=1S/C30H17NO/c1-2-10-26-20(7-1)24-15-18(12-14-27(24)32-26)19-11-13-21-25(16-19)31-30-23-9-4-6-17-5-3-8-22(28(17)23)29(21)30/h1-16,31H. The van der Waals surface area contributed by atoms with E-state index < -0.39 is 0 Å². The maximum absolute atomic E-state index is 6.01. The number of benzene rings is 5. The molecule has 2 nitrogen and oxygen atoms in total. The second kappa shape index (κ2) is 5.68. The Labute approximate surface area is 183 Å². The van der Waals surface area contributed by atoms with Gasteiger partial charge in [0.15, 0.2) is 0 Å². The van der Waals surface area contributed by atoms with Crippen LogP contribution in [-0.2, 0) is 0 Å². The Bertz CT molecular complexity index is 1880. The summed E-state index contributed by atoms with van der Waals surface area (Å²) < 4.78 is 6.01. The fourth-order valence-electron chi connectivity index (χ4n) is 5.52. The van der Waals surface area contributed by atoms with Gasteiger partial charge in [0.05, 0.1) is 5.69 Å². The monoisotopic (exact) mass is 407 g/mol. The first-order valence-electron chi connectivity index (χ1n) is 10.9. The van der Waals surface area contributed by atoms with Crippen LogP contribution in [0.3, 0.4) is 0 Å². The van der Waals surface area contributed by atoms with E-state index in [1.165, 1.54) is 55.2 Å². The normalized spacial score (nSPS) is 12.4. The zero-order valence-corrected chi connectivity index (χ0v) is 17.1. The molecule has 5 aromatic carbocycles. The Hall–Kier alpha value is -4.30. The summed E-state index contributed by atoms with van der Waals surface area (Å²) >= 11 is 0. The van der Waals surface area contributed by atoms with Gasteiger partial charge in [-0.15, -0.1) is 0 Å². The lowest BCUT2D eigenvalue weighted by Gasteiger charge is -2.05. The van der Waals surface area contributed by atoms with Gasteiger partial charge in [0, 0.05) is 32.8 Å². The Balaban J connectivity index is 1.34. The van der Waals surface area contributed by atoms with E-state index in [4.69, 9.17) is 4.42 Å².